The van der Waals surface area contributed by atoms with Gasteiger partial charge in [-0.1, -0.05) is 34.6 Å². The van der Waals surface area contributed by atoms with Crippen LogP contribution in [0.2, 0.25) is 0 Å². The van der Waals surface area contributed by atoms with Crippen LogP contribution in [0.3, 0.4) is 0 Å². The Bertz CT molecular complexity index is 597. The minimum atomic E-state index is -5.08. The molecule has 0 aromatic heterocycles. The molecule has 3 atom stereocenters. The van der Waals surface area contributed by atoms with Crippen molar-refractivity contribution >= 4 is 23.8 Å². The quantitative estimate of drug-likeness (QED) is 0.314. The van der Waals surface area contributed by atoms with E-state index >= 15 is 0 Å². The van der Waals surface area contributed by atoms with Crippen molar-refractivity contribution in [1.82, 2.24) is 10.6 Å². The zero-order chi connectivity index (χ0) is 24.9. The molecule has 12 heteroatoms. The molecule has 182 valence electrons. The van der Waals surface area contributed by atoms with Gasteiger partial charge in [0.05, 0.1) is 17.8 Å². The predicted molar refractivity (Wildman–Crippen MR) is 107 cm³/mol. The van der Waals surface area contributed by atoms with Crippen molar-refractivity contribution in [2.45, 2.75) is 47.2 Å². The molecule has 0 fully saturated rings. The van der Waals surface area contributed by atoms with Gasteiger partial charge >= 0.3 is 18.1 Å². The number of nitrogens with one attached hydrogen (secondary N) is 2. The van der Waals surface area contributed by atoms with E-state index in [1.807, 2.05) is 27.7 Å². The average molecular weight is 457 g/mol. The molecule has 0 aromatic carbocycles. The standard InChI is InChI=1S/C17H33N3O4.C2HF3O2/c1-10(2)6-13(17(23)24)9-20-15(21)12(5)8-19-16(22)14(7-18)11(3)4;3-2(4,5)1(6)7/h10-14H,6-9,18H2,1-5H3,(H,19,22)(H,20,21)(H,23,24);(H,6,7)/t12-,13-,14+;/m0./s1. The summed E-state index contributed by atoms with van der Waals surface area (Å²) in [5.41, 5.74) is 5.59. The largest absolute Gasteiger partial charge is 0.490 e. The lowest BCUT2D eigenvalue weighted by molar-refractivity contribution is -0.192. The summed E-state index contributed by atoms with van der Waals surface area (Å²) >= 11 is 0. The molecule has 0 saturated heterocycles. The van der Waals surface area contributed by atoms with Crippen molar-refractivity contribution in [1.29, 1.82) is 0 Å². The summed E-state index contributed by atoms with van der Waals surface area (Å²) < 4.78 is 31.7. The highest BCUT2D eigenvalue weighted by molar-refractivity contribution is 5.82. The number of hydrogen-bond acceptors (Lipinski definition) is 5. The van der Waals surface area contributed by atoms with E-state index in [2.05, 4.69) is 10.6 Å². The van der Waals surface area contributed by atoms with Gasteiger partial charge in [-0.15, -0.1) is 0 Å². The van der Waals surface area contributed by atoms with Crippen LogP contribution in [0.15, 0.2) is 0 Å². The van der Waals surface area contributed by atoms with E-state index in [0.29, 0.717) is 6.42 Å². The summed E-state index contributed by atoms with van der Waals surface area (Å²) in [5.74, 6) is -5.03. The summed E-state index contributed by atoms with van der Waals surface area (Å²) in [6, 6.07) is 0. The molecular formula is C19H34F3N3O6. The average Bonchev–Trinajstić information content (AvgIpc) is 2.62. The highest BCUT2D eigenvalue weighted by atomic mass is 19.4. The summed E-state index contributed by atoms with van der Waals surface area (Å²) in [6.07, 6.45) is -4.58. The normalized spacial score (nSPS) is 14.2. The molecule has 2 amide bonds. The Labute approximate surface area is 179 Å². The lowest BCUT2D eigenvalue weighted by Crippen LogP contribution is -2.43. The molecule has 0 spiro atoms. The molecule has 6 N–H and O–H groups in total. The second-order valence-electron chi connectivity index (χ2n) is 7.95. The first kappa shape index (κ1) is 30.8. The molecule has 0 saturated carbocycles. The van der Waals surface area contributed by atoms with Crippen LogP contribution < -0.4 is 16.4 Å². The molecule has 0 unspecified atom stereocenters. The van der Waals surface area contributed by atoms with Gasteiger partial charge in [0.1, 0.15) is 0 Å². The molecule has 31 heavy (non-hydrogen) atoms. The number of rotatable bonds is 11. The maximum absolute atomic E-state index is 12.1. The number of aliphatic carboxylic acids is 2. The van der Waals surface area contributed by atoms with Crippen molar-refractivity contribution < 1.29 is 42.6 Å². The van der Waals surface area contributed by atoms with Crippen LogP contribution in [0.25, 0.3) is 0 Å². The van der Waals surface area contributed by atoms with Crippen molar-refractivity contribution in [3.05, 3.63) is 0 Å². The summed E-state index contributed by atoms with van der Waals surface area (Å²) in [5, 5.41) is 21.7. The van der Waals surface area contributed by atoms with Gasteiger partial charge in [-0.25, -0.2) is 4.79 Å². The van der Waals surface area contributed by atoms with Crippen LogP contribution in [-0.4, -0.2) is 59.8 Å². The molecule has 0 aromatic rings. The number of alkyl halides is 3. The molecule has 0 heterocycles. The molecular weight excluding hydrogens is 423 g/mol. The molecule has 0 rings (SSSR count). The smallest absolute Gasteiger partial charge is 0.481 e. The van der Waals surface area contributed by atoms with Gasteiger partial charge in [0.25, 0.3) is 0 Å². The number of amides is 2. The van der Waals surface area contributed by atoms with E-state index in [4.69, 9.17) is 20.7 Å². The van der Waals surface area contributed by atoms with E-state index in [1.54, 1.807) is 6.92 Å². The van der Waals surface area contributed by atoms with E-state index in [9.17, 15) is 27.6 Å². The lowest BCUT2D eigenvalue weighted by atomic mass is 9.95. The number of nitrogens with two attached hydrogens (primary N) is 1. The Hall–Kier alpha value is -2.37. The van der Waals surface area contributed by atoms with Gasteiger partial charge in [0.2, 0.25) is 11.8 Å². The predicted octanol–water partition coefficient (Wildman–Crippen LogP) is 1.47. The fraction of sp³-hybridized carbons (Fsp3) is 0.789. The molecule has 0 aliphatic rings. The van der Waals surface area contributed by atoms with Crippen molar-refractivity contribution in [3.63, 3.8) is 0 Å². The highest BCUT2D eigenvalue weighted by Crippen LogP contribution is 2.13. The Kier molecular flexibility index (Phi) is 14.5. The van der Waals surface area contributed by atoms with Crippen LogP contribution in [0, 0.1) is 29.6 Å². The first-order chi connectivity index (χ1) is 14.0. The van der Waals surface area contributed by atoms with Crippen LogP contribution in [-0.2, 0) is 19.2 Å². The maximum atomic E-state index is 12.1. The molecule has 0 aliphatic heterocycles. The third-order valence-corrected chi connectivity index (χ3v) is 4.30. The van der Waals surface area contributed by atoms with Crippen molar-refractivity contribution in [3.8, 4) is 0 Å². The topological polar surface area (TPSA) is 159 Å². The van der Waals surface area contributed by atoms with Gasteiger partial charge in [-0.2, -0.15) is 13.2 Å². The van der Waals surface area contributed by atoms with Crippen molar-refractivity contribution in [2.75, 3.05) is 19.6 Å². The third kappa shape index (κ3) is 14.3. The van der Waals surface area contributed by atoms with Gasteiger partial charge in [0.15, 0.2) is 0 Å². The highest BCUT2D eigenvalue weighted by Gasteiger charge is 2.38. The SMILES string of the molecule is CC(C)C[C@@H](CNC(=O)[C@@H](C)CNC(=O)[C@H](CN)C(C)C)C(=O)O.O=C(O)C(F)(F)F. The fourth-order valence-electron chi connectivity index (χ4n) is 2.40. The van der Waals surface area contributed by atoms with Crippen molar-refractivity contribution in [2.24, 2.45) is 35.3 Å². The number of carbonyl (C=O) groups is 4. The molecule has 0 radical (unpaired) electrons. The Morgan fingerprint density at radius 1 is 0.903 bits per heavy atom. The summed E-state index contributed by atoms with van der Waals surface area (Å²) in [7, 11) is 0. The Morgan fingerprint density at radius 2 is 1.35 bits per heavy atom. The van der Waals surface area contributed by atoms with E-state index in [-0.39, 0.29) is 49.2 Å². The van der Waals surface area contributed by atoms with E-state index in [0.717, 1.165) is 0 Å². The van der Waals surface area contributed by atoms with Crippen LogP contribution in [0.5, 0.6) is 0 Å². The monoisotopic (exact) mass is 457 g/mol. The Balaban J connectivity index is 0. The fourth-order valence-corrected chi connectivity index (χ4v) is 2.40. The zero-order valence-electron chi connectivity index (χ0n) is 18.5. The van der Waals surface area contributed by atoms with Crippen LogP contribution >= 0.6 is 0 Å². The summed E-state index contributed by atoms with van der Waals surface area (Å²) in [6.45, 7) is 10.00. The third-order valence-electron chi connectivity index (χ3n) is 4.30. The second-order valence-corrected chi connectivity index (χ2v) is 7.95. The molecule has 0 bridgehead atoms. The molecule has 9 nitrogen and oxygen atoms in total. The first-order valence-corrected chi connectivity index (χ1v) is 9.82. The summed E-state index contributed by atoms with van der Waals surface area (Å²) in [4.78, 5) is 44.2. The number of carbonyl (C=O) groups excluding carboxylic acids is 2. The number of carboxylic acids is 2. The van der Waals surface area contributed by atoms with E-state index in [1.165, 1.54) is 0 Å². The van der Waals surface area contributed by atoms with Gasteiger partial charge in [-0.3, -0.25) is 14.4 Å². The number of halogens is 3. The maximum Gasteiger partial charge on any atom is 0.490 e. The first-order valence-electron chi connectivity index (χ1n) is 9.82. The van der Waals surface area contributed by atoms with Crippen LogP contribution in [0.4, 0.5) is 13.2 Å². The second kappa shape index (κ2) is 14.6. The zero-order valence-corrected chi connectivity index (χ0v) is 18.5. The van der Waals surface area contributed by atoms with Gasteiger partial charge in [0, 0.05) is 19.6 Å². The Morgan fingerprint density at radius 3 is 1.68 bits per heavy atom. The number of hydrogen-bond donors (Lipinski definition) is 5. The number of carboxylic acid groups (broad SMARTS) is 2. The molecule has 0 aliphatic carbocycles. The lowest BCUT2D eigenvalue weighted by Gasteiger charge is -2.20. The van der Waals surface area contributed by atoms with Gasteiger partial charge in [-0.05, 0) is 18.3 Å². The van der Waals surface area contributed by atoms with Gasteiger partial charge < -0.3 is 26.6 Å². The minimum absolute atomic E-state index is 0.0993. The van der Waals surface area contributed by atoms with E-state index < -0.39 is 30.0 Å². The van der Waals surface area contributed by atoms with Crippen LogP contribution in [0.1, 0.15) is 41.0 Å². The minimum Gasteiger partial charge on any atom is -0.481 e.